The third-order valence-corrected chi connectivity index (χ3v) is 6.16. The van der Waals surface area contributed by atoms with Gasteiger partial charge in [-0.1, -0.05) is 42.5 Å². The normalized spacial score (nSPS) is 14.7. The Morgan fingerprint density at radius 1 is 1.09 bits per heavy atom. The number of imidazole rings is 1. The molecular formula is C27H32N4O3. The second-order valence-corrected chi connectivity index (χ2v) is 8.46. The quantitative estimate of drug-likeness (QED) is 0.380. The third-order valence-electron chi connectivity index (χ3n) is 6.16. The molecule has 7 nitrogen and oxygen atoms in total. The minimum atomic E-state index is -0.140. The van der Waals surface area contributed by atoms with Crippen LogP contribution in [0.25, 0.3) is 17.1 Å². The summed E-state index contributed by atoms with van der Waals surface area (Å²) in [4.78, 5) is 32.1. The molecule has 7 heteroatoms. The van der Waals surface area contributed by atoms with E-state index in [4.69, 9.17) is 4.74 Å². The zero-order chi connectivity index (χ0) is 23.8. The number of amides is 2. The fourth-order valence-electron chi connectivity index (χ4n) is 4.28. The molecule has 4 rings (SSSR count). The molecule has 0 saturated carbocycles. The Balaban J connectivity index is 1.35. The van der Waals surface area contributed by atoms with Gasteiger partial charge in [-0.3, -0.25) is 14.9 Å². The van der Waals surface area contributed by atoms with Gasteiger partial charge >= 0.3 is 0 Å². The minimum Gasteiger partial charge on any atom is -0.382 e. The van der Waals surface area contributed by atoms with Crippen molar-refractivity contribution < 1.29 is 14.3 Å². The zero-order valence-electron chi connectivity index (χ0n) is 19.7. The summed E-state index contributed by atoms with van der Waals surface area (Å²) in [5, 5.41) is 3.06. The van der Waals surface area contributed by atoms with Gasteiger partial charge in [0.1, 0.15) is 0 Å². The molecule has 1 N–H and O–H groups in total. The number of hydrogen-bond donors (Lipinski definition) is 1. The Hall–Kier alpha value is -3.45. The number of hydrogen-bond acceptors (Lipinski definition) is 4. The first kappa shape index (κ1) is 23.7. The molecule has 3 aromatic rings. The van der Waals surface area contributed by atoms with Gasteiger partial charge in [0.05, 0.1) is 11.0 Å². The molecule has 1 aliphatic heterocycles. The summed E-state index contributed by atoms with van der Waals surface area (Å²) in [6, 6.07) is 17.7. The lowest BCUT2D eigenvalue weighted by Gasteiger charge is -2.30. The molecule has 2 aromatic carbocycles. The van der Waals surface area contributed by atoms with E-state index in [1.54, 1.807) is 6.08 Å². The van der Waals surface area contributed by atoms with Crippen LogP contribution in [0.15, 0.2) is 60.7 Å². The van der Waals surface area contributed by atoms with E-state index in [1.807, 2.05) is 72.5 Å². The van der Waals surface area contributed by atoms with Crippen LogP contribution in [0.4, 0.5) is 5.95 Å². The van der Waals surface area contributed by atoms with Crippen molar-refractivity contribution in [3.05, 3.63) is 66.2 Å². The Bertz CT molecular complexity index is 1130. The number of aromatic nitrogens is 2. The van der Waals surface area contributed by atoms with Crippen LogP contribution in [0, 0.1) is 5.92 Å². The van der Waals surface area contributed by atoms with Crippen LogP contribution in [-0.4, -0.2) is 52.6 Å². The minimum absolute atomic E-state index is 0.0150. The van der Waals surface area contributed by atoms with Gasteiger partial charge in [0.15, 0.2) is 0 Å². The van der Waals surface area contributed by atoms with Crippen molar-refractivity contribution in [2.45, 2.75) is 32.7 Å². The molecule has 0 atom stereocenters. The number of para-hydroxylation sites is 2. The molecule has 178 valence electrons. The van der Waals surface area contributed by atoms with E-state index in [9.17, 15) is 9.59 Å². The number of rotatable bonds is 9. The van der Waals surface area contributed by atoms with Crippen molar-refractivity contribution in [3.63, 3.8) is 0 Å². The number of piperidine rings is 1. The number of fused-ring (bicyclic) bond motifs is 1. The molecule has 0 radical (unpaired) electrons. The van der Waals surface area contributed by atoms with Crippen molar-refractivity contribution in [3.8, 4) is 0 Å². The Morgan fingerprint density at radius 2 is 1.82 bits per heavy atom. The van der Waals surface area contributed by atoms with Gasteiger partial charge < -0.3 is 14.2 Å². The Labute approximate surface area is 200 Å². The second kappa shape index (κ2) is 11.6. The molecule has 0 bridgehead atoms. The van der Waals surface area contributed by atoms with Gasteiger partial charge in [-0.2, -0.15) is 0 Å². The van der Waals surface area contributed by atoms with Gasteiger partial charge in [-0.15, -0.1) is 0 Å². The van der Waals surface area contributed by atoms with E-state index < -0.39 is 0 Å². The van der Waals surface area contributed by atoms with Crippen molar-refractivity contribution in [1.29, 1.82) is 0 Å². The zero-order valence-corrected chi connectivity index (χ0v) is 19.7. The number of aryl methyl sites for hydroxylation is 1. The van der Waals surface area contributed by atoms with Crippen LogP contribution in [0.3, 0.4) is 0 Å². The maximum absolute atomic E-state index is 13.1. The van der Waals surface area contributed by atoms with Crippen LogP contribution >= 0.6 is 0 Å². The summed E-state index contributed by atoms with van der Waals surface area (Å²) in [5.74, 6) is 0.387. The lowest BCUT2D eigenvalue weighted by molar-refractivity contribution is -0.130. The number of nitrogens with zero attached hydrogens (tertiary/aromatic N) is 3. The first-order chi connectivity index (χ1) is 16.7. The number of ether oxygens (including phenoxy) is 1. The average molecular weight is 461 g/mol. The highest BCUT2D eigenvalue weighted by Crippen LogP contribution is 2.23. The Kier molecular flexibility index (Phi) is 8.09. The smallest absolute Gasteiger partial charge is 0.246 e. The third kappa shape index (κ3) is 5.91. The summed E-state index contributed by atoms with van der Waals surface area (Å²) < 4.78 is 7.53. The topological polar surface area (TPSA) is 76.5 Å². The number of likely N-dealkylation sites (tertiary alicyclic amines) is 1. The molecule has 0 spiro atoms. The van der Waals surface area contributed by atoms with Gasteiger partial charge in [0.25, 0.3) is 0 Å². The molecule has 34 heavy (non-hydrogen) atoms. The van der Waals surface area contributed by atoms with Crippen LogP contribution in [-0.2, 0) is 20.9 Å². The number of carbonyl (C=O) groups excluding carboxylic acids is 2. The number of carbonyl (C=O) groups is 2. The monoisotopic (exact) mass is 460 g/mol. The first-order valence-corrected chi connectivity index (χ1v) is 12.0. The van der Waals surface area contributed by atoms with Gasteiger partial charge in [-0.05, 0) is 50.0 Å². The van der Waals surface area contributed by atoms with Gasteiger partial charge in [-0.25, -0.2) is 4.98 Å². The number of nitrogens with one attached hydrogen (secondary N) is 1. The fourth-order valence-corrected chi connectivity index (χ4v) is 4.28. The largest absolute Gasteiger partial charge is 0.382 e. The standard InChI is InChI=1S/C27H32N4O3/c1-2-34-20-8-17-31-24-12-7-6-11-23(24)28-27(31)29-26(33)22-15-18-30(19-16-22)25(32)14-13-21-9-4-3-5-10-21/h3-7,9-14,22H,2,8,15-20H2,1H3,(H,28,29,33)/b14-13+. The number of benzene rings is 2. The molecule has 1 aliphatic rings. The van der Waals surface area contributed by atoms with E-state index >= 15 is 0 Å². The van der Waals surface area contributed by atoms with Crippen LogP contribution in [0.1, 0.15) is 31.7 Å². The van der Waals surface area contributed by atoms with E-state index in [1.165, 1.54) is 0 Å². The molecule has 1 saturated heterocycles. The Morgan fingerprint density at radius 3 is 2.59 bits per heavy atom. The second-order valence-electron chi connectivity index (χ2n) is 8.46. The molecule has 1 fully saturated rings. The van der Waals surface area contributed by atoms with Crippen molar-refractivity contribution in [2.75, 3.05) is 31.6 Å². The van der Waals surface area contributed by atoms with Crippen molar-refractivity contribution in [1.82, 2.24) is 14.5 Å². The highest BCUT2D eigenvalue weighted by atomic mass is 16.5. The summed E-state index contributed by atoms with van der Waals surface area (Å²) in [6.45, 7) is 5.20. The predicted octanol–water partition coefficient (Wildman–Crippen LogP) is 4.35. The molecular weight excluding hydrogens is 428 g/mol. The van der Waals surface area contributed by atoms with E-state index in [0.717, 1.165) is 29.6 Å². The molecule has 2 heterocycles. The summed E-state index contributed by atoms with van der Waals surface area (Å²) in [7, 11) is 0. The summed E-state index contributed by atoms with van der Waals surface area (Å²) >= 11 is 0. The fraction of sp³-hybridized carbons (Fsp3) is 0.370. The van der Waals surface area contributed by atoms with E-state index in [-0.39, 0.29) is 17.7 Å². The summed E-state index contributed by atoms with van der Waals surface area (Å²) in [6.07, 6.45) is 5.56. The number of anilines is 1. The highest BCUT2D eigenvalue weighted by molar-refractivity contribution is 5.94. The maximum Gasteiger partial charge on any atom is 0.246 e. The predicted molar refractivity (Wildman–Crippen MR) is 134 cm³/mol. The van der Waals surface area contributed by atoms with Gasteiger partial charge in [0, 0.05) is 44.8 Å². The SMILES string of the molecule is CCOCCCn1c(NC(=O)C2CCN(C(=O)/C=C/c3ccccc3)CC2)nc2ccccc21. The molecule has 0 aliphatic carbocycles. The molecule has 0 unspecified atom stereocenters. The highest BCUT2D eigenvalue weighted by Gasteiger charge is 2.27. The van der Waals surface area contributed by atoms with Crippen LogP contribution in [0.2, 0.25) is 0 Å². The molecule has 1 aromatic heterocycles. The maximum atomic E-state index is 13.1. The molecule has 2 amide bonds. The van der Waals surface area contributed by atoms with Crippen molar-refractivity contribution >= 4 is 34.9 Å². The van der Waals surface area contributed by atoms with Gasteiger partial charge in [0.2, 0.25) is 17.8 Å². The van der Waals surface area contributed by atoms with Crippen molar-refractivity contribution in [2.24, 2.45) is 5.92 Å². The van der Waals surface area contributed by atoms with Crippen LogP contribution in [0.5, 0.6) is 0 Å². The summed E-state index contributed by atoms with van der Waals surface area (Å²) in [5.41, 5.74) is 2.86. The van der Waals surface area contributed by atoms with Crippen LogP contribution < -0.4 is 5.32 Å². The van der Waals surface area contributed by atoms with E-state index in [0.29, 0.717) is 45.1 Å². The lowest BCUT2D eigenvalue weighted by Crippen LogP contribution is -2.41. The average Bonchev–Trinajstić information content (AvgIpc) is 3.22. The first-order valence-electron chi connectivity index (χ1n) is 12.0. The van der Waals surface area contributed by atoms with E-state index in [2.05, 4.69) is 14.9 Å². The lowest BCUT2D eigenvalue weighted by atomic mass is 9.96.